The summed E-state index contributed by atoms with van der Waals surface area (Å²) in [6, 6.07) is 4.02. The zero-order valence-electron chi connectivity index (χ0n) is 10.8. The highest BCUT2D eigenvalue weighted by atomic mass is 35.5. The molecular formula is C13H12ClN3O3S. The Labute approximate surface area is 129 Å². The lowest BCUT2D eigenvalue weighted by Gasteiger charge is -2.10. The van der Waals surface area contributed by atoms with Crippen LogP contribution in [0.1, 0.15) is 15.4 Å². The van der Waals surface area contributed by atoms with Gasteiger partial charge in [0.05, 0.1) is 15.7 Å². The Hall–Kier alpha value is -2.12. The van der Waals surface area contributed by atoms with E-state index >= 15 is 0 Å². The number of carbonyl (C=O) groups excluding carboxylic acids is 1. The standard InChI is InChI=1S/C13H12ClN3O3S/c14-8-2-1-3-9(11(8)12(18)19)17-13(20)16-5-4-10-15-6-7-21-10/h1-3,6-7H,4-5H2,(H,18,19)(H2,16,17,20). The van der Waals surface area contributed by atoms with E-state index in [0.29, 0.717) is 13.0 Å². The number of nitrogens with one attached hydrogen (secondary N) is 2. The van der Waals surface area contributed by atoms with Gasteiger partial charge in [0.15, 0.2) is 0 Å². The summed E-state index contributed by atoms with van der Waals surface area (Å²) >= 11 is 7.33. The lowest BCUT2D eigenvalue weighted by Crippen LogP contribution is -2.31. The fourth-order valence-corrected chi connectivity index (χ4v) is 2.55. The molecule has 0 radical (unpaired) electrons. The summed E-state index contributed by atoms with van der Waals surface area (Å²) in [5.74, 6) is -1.20. The number of thiazole rings is 1. The van der Waals surface area contributed by atoms with E-state index in [1.165, 1.54) is 23.5 Å². The van der Waals surface area contributed by atoms with Crippen LogP contribution in [0.2, 0.25) is 5.02 Å². The van der Waals surface area contributed by atoms with Crippen LogP contribution < -0.4 is 10.6 Å². The molecular weight excluding hydrogens is 314 g/mol. The molecule has 0 spiro atoms. The number of aromatic carboxylic acids is 1. The number of benzene rings is 1. The average molecular weight is 326 g/mol. The van der Waals surface area contributed by atoms with Crippen molar-refractivity contribution in [3.8, 4) is 0 Å². The molecule has 21 heavy (non-hydrogen) atoms. The van der Waals surface area contributed by atoms with Crippen LogP contribution in [0.5, 0.6) is 0 Å². The lowest BCUT2D eigenvalue weighted by atomic mass is 10.2. The van der Waals surface area contributed by atoms with Crippen LogP contribution in [0.15, 0.2) is 29.8 Å². The maximum atomic E-state index is 11.8. The minimum Gasteiger partial charge on any atom is -0.478 e. The van der Waals surface area contributed by atoms with Crippen molar-refractivity contribution < 1.29 is 14.7 Å². The van der Waals surface area contributed by atoms with Gasteiger partial charge < -0.3 is 15.7 Å². The molecule has 0 bridgehead atoms. The molecule has 0 aliphatic rings. The first-order valence-electron chi connectivity index (χ1n) is 6.03. The monoisotopic (exact) mass is 325 g/mol. The Bertz CT molecular complexity index is 646. The van der Waals surface area contributed by atoms with Crippen molar-refractivity contribution in [2.45, 2.75) is 6.42 Å². The van der Waals surface area contributed by atoms with Crippen LogP contribution in [0, 0.1) is 0 Å². The molecule has 8 heteroatoms. The molecule has 110 valence electrons. The Morgan fingerprint density at radius 3 is 2.86 bits per heavy atom. The van der Waals surface area contributed by atoms with Crippen LogP contribution in [-0.2, 0) is 6.42 Å². The van der Waals surface area contributed by atoms with Crippen molar-refractivity contribution in [2.24, 2.45) is 0 Å². The Morgan fingerprint density at radius 2 is 2.19 bits per heavy atom. The lowest BCUT2D eigenvalue weighted by molar-refractivity contribution is 0.0698. The van der Waals surface area contributed by atoms with E-state index in [0.717, 1.165) is 5.01 Å². The predicted molar refractivity (Wildman–Crippen MR) is 81.3 cm³/mol. The Kier molecular flexibility index (Phi) is 5.13. The highest BCUT2D eigenvalue weighted by Crippen LogP contribution is 2.24. The molecule has 1 aromatic heterocycles. The molecule has 0 aliphatic heterocycles. The molecule has 0 fully saturated rings. The van der Waals surface area contributed by atoms with Crippen molar-refractivity contribution in [1.82, 2.24) is 10.3 Å². The smallest absolute Gasteiger partial charge is 0.339 e. The second kappa shape index (κ2) is 7.05. The zero-order valence-corrected chi connectivity index (χ0v) is 12.4. The van der Waals surface area contributed by atoms with Gasteiger partial charge in [0.1, 0.15) is 5.56 Å². The van der Waals surface area contributed by atoms with Crippen LogP contribution >= 0.6 is 22.9 Å². The first-order chi connectivity index (χ1) is 10.1. The highest BCUT2D eigenvalue weighted by Gasteiger charge is 2.15. The summed E-state index contributed by atoms with van der Waals surface area (Å²) in [6.07, 6.45) is 2.32. The quantitative estimate of drug-likeness (QED) is 0.788. The van der Waals surface area contributed by atoms with Gasteiger partial charge in [-0.25, -0.2) is 14.6 Å². The number of hydrogen-bond donors (Lipinski definition) is 3. The van der Waals surface area contributed by atoms with Gasteiger partial charge in [0, 0.05) is 24.5 Å². The maximum Gasteiger partial charge on any atom is 0.339 e. The number of nitrogens with zero attached hydrogens (tertiary/aromatic N) is 1. The molecule has 1 heterocycles. The van der Waals surface area contributed by atoms with Crippen LogP contribution in [0.4, 0.5) is 10.5 Å². The minimum atomic E-state index is -1.20. The van der Waals surface area contributed by atoms with Gasteiger partial charge in [-0.3, -0.25) is 0 Å². The van der Waals surface area contributed by atoms with Gasteiger partial charge in [-0.2, -0.15) is 0 Å². The van der Waals surface area contributed by atoms with Gasteiger partial charge in [-0.05, 0) is 12.1 Å². The summed E-state index contributed by atoms with van der Waals surface area (Å²) in [7, 11) is 0. The number of hydrogen-bond acceptors (Lipinski definition) is 4. The molecule has 2 rings (SSSR count). The first kappa shape index (κ1) is 15.3. The average Bonchev–Trinajstić information content (AvgIpc) is 2.91. The number of carboxylic acid groups (broad SMARTS) is 1. The van der Waals surface area contributed by atoms with E-state index in [1.807, 2.05) is 5.38 Å². The van der Waals surface area contributed by atoms with Crippen molar-refractivity contribution in [2.75, 3.05) is 11.9 Å². The van der Waals surface area contributed by atoms with E-state index < -0.39 is 12.0 Å². The number of rotatable bonds is 5. The van der Waals surface area contributed by atoms with Crippen molar-refractivity contribution in [1.29, 1.82) is 0 Å². The second-order valence-electron chi connectivity index (χ2n) is 4.02. The Morgan fingerprint density at radius 1 is 1.38 bits per heavy atom. The molecule has 0 aliphatic carbocycles. The van der Waals surface area contributed by atoms with Crippen molar-refractivity contribution >= 4 is 40.6 Å². The van der Waals surface area contributed by atoms with Gasteiger partial charge in [0.25, 0.3) is 0 Å². The first-order valence-corrected chi connectivity index (χ1v) is 7.28. The summed E-state index contributed by atoms with van der Waals surface area (Å²) < 4.78 is 0. The number of aromatic nitrogens is 1. The van der Waals surface area contributed by atoms with Gasteiger partial charge in [-0.1, -0.05) is 17.7 Å². The third-order valence-electron chi connectivity index (χ3n) is 2.58. The molecule has 6 nitrogen and oxygen atoms in total. The normalized spacial score (nSPS) is 10.1. The van der Waals surface area contributed by atoms with Gasteiger partial charge in [0.2, 0.25) is 0 Å². The molecule has 0 saturated carbocycles. The zero-order chi connectivity index (χ0) is 15.2. The summed E-state index contributed by atoms with van der Waals surface area (Å²) in [6.45, 7) is 0.405. The highest BCUT2D eigenvalue weighted by molar-refractivity contribution is 7.09. The van der Waals surface area contributed by atoms with Crippen molar-refractivity contribution in [3.63, 3.8) is 0 Å². The summed E-state index contributed by atoms with van der Waals surface area (Å²) in [5, 5.41) is 17.1. The van der Waals surface area contributed by atoms with Gasteiger partial charge >= 0.3 is 12.0 Å². The minimum absolute atomic E-state index is 0.0723. The molecule has 3 N–H and O–H groups in total. The fraction of sp³-hybridized carbons (Fsp3) is 0.154. The third kappa shape index (κ3) is 4.17. The largest absolute Gasteiger partial charge is 0.478 e. The molecule has 0 unspecified atom stereocenters. The Balaban J connectivity index is 1.93. The van der Waals surface area contributed by atoms with E-state index in [2.05, 4.69) is 15.6 Å². The molecule has 0 saturated heterocycles. The number of anilines is 1. The van der Waals surface area contributed by atoms with Crippen molar-refractivity contribution in [3.05, 3.63) is 45.4 Å². The van der Waals surface area contributed by atoms with E-state index in [9.17, 15) is 9.59 Å². The SMILES string of the molecule is O=C(NCCc1nccs1)Nc1cccc(Cl)c1C(=O)O. The van der Waals surface area contributed by atoms with Crippen LogP contribution in [0.25, 0.3) is 0 Å². The van der Waals surface area contributed by atoms with Gasteiger partial charge in [-0.15, -0.1) is 11.3 Å². The van der Waals surface area contributed by atoms with E-state index in [1.54, 1.807) is 12.3 Å². The number of urea groups is 1. The third-order valence-corrected chi connectivity index (χ3v) is 3.74. The number of carbonyl (C=O) groups is 2. The van der Waals surface area contributed by atoms with Crippen LogP contribution in [-0.4, -0.2) is 28.6 Å². The molecule has 1 aromatic carbocycles. The molecule has 2 amide bonds. The number of amides is 2. The predicted octanol–water partition coefficient (Wildman–Crippen LogP) is 2.86. The van der Waals surface area contributed by atoms with E-state index in [4.69, 9.17) is 16.7 Å². The summed E-state index contributed by atoms with van der Waals surface area (Å²) in [5.41, 5.74) is 0.0241. The maximum absolute atomic E-state index is 11.8. The second-order valence-corrected chi connectivity index (χ2v) is 5.41. The number of halogens is 1. The van der Waals surface area contributed by atoms with Crippen LogP contribution in [0.3, 0.4) is 0 Å². The molecule has 2 aromatic rings. The molecule has 0 atom stereocenters. The topological polar surface area (TPSA) is 91.3 Å². The van der Waals surface area contributed by atoms with E-state index in [-0.39, 0.29) is 16.3 Å². The number of carboxylic acids is 1. The summed E-state index contributed by atoms with van der Waals surface area (Å²) in [4.78, 5) is 27.0. The fourth-order valence-electron chi connectivity index (χ4n) is 1.67.